The molecule has 3 aliphatic carbocycles. The van der Waals surface area contributed by atoms with Crippen LogP contribution in [0.3, 0.4) is 0 Å². The summed E-state index contributed by atoms with van der Waals surface area (Å²) in [5.41, 5.74) is 0.909. The molecule has 3 fully saturated rings. The molecular formula is C22H21FN4O3. The van der Waals surface area contributed by atoms with E-state index < -0.39 is 22.6 Å². The van der Waals surface area contributed by atoms with E-state index in [4.69, 9.17) is 0 Å². The summed E-state index contributed by atoms with van der Waals surface area (Å²) in [6.07, 6.45) is 4.58. The number of hydrogen-bond acceptors (Lipinski definition) is 4. The Morgan fingerprint density at radius 3 is 2.60 bits per heavy atom. The second kappa shape index (κ2) is 6.10. The number of anilines is 1. The number of halogens is 1. The Labute approximate surface area is 171 Å². The zero-order valence-electron chi connectivity index (χ0n) is 16.6. The molecule has 3 saturated carbocycles. The highest BCUT2D eigenvalue weighted by molar-refractivity contribution is 6.01. The van der Waals surface area contributed by atoms with E-state index in [-0.39, 0.29) is 11.6 Å². The predicted molar refractivity (Wildman–Crippen MR) is 108 cm³/mol. The SMILES string of the molecule is CC(C)c1cnc2nn(-c3cc(NC(=O)C45CC(C(=O)O)(C4)C5)ccc3F)cc2c1. The minimum atomic E-state index is -0.832. The van der Waals surface area contributed by atoms with Crippen molar-refractivity contribution in [3.05, 3.63) is 48.0 Å². The lowest BCUT2D eigenvalue weighted by Crippen LogP contribution is -2.69. The lowest BCUT2D eigenvalue weighted by atomic mass is 9.35. The first kappa shape index (κ1) is 18.7. The topological polar surface area (TPSA) is 97.1 Å². The van der Waals surface area contributed by atoms with Gasteiger partial charge in [-0.15, -0.1) is 5.10 Å². The number of carboxylic acid groups (broad SMARTS) is 1. The van der Waals surface area contributed by atoms with Crippen LogP contribution in [0.1, 0.15) is 44.6 Å². The molecule has 0 spiro atoms. The van der Waals surface area contributed by atoms with Crippen LogP contribution < -0.4 is 5.32 Å². The van der Waals surface area contributed by atoms with Gasteiger partial charge >= 0.3 is 5.97 Å². The number of nitrogens with zero attached hydrogens (tertiary/aromatic N) is 3. The van der Waals surface area contributed by atoms with E-state index in [9.17, 15) is 19.1 Å². The summed E-state index contributed by atoms with van der Waals surface area (Å²) in [6, 6.07) is 6.29. The highest BCUT2D eigenvalue weighted by Gasteiger charge is 2.75. The number of fused-ring (bicyclic) bond motifs is 1. The van der Waals surface area contributed by atoms with Gasteiger partial charge in [0.15, 0.2) is 5.65 Å². The first-order valence-electron chi connectivity index (χ1n) is 9.92. The van der Waals surface area contributed by atoms with Gasteiger partial charge < -0.3 is 10.4 Å². The monoisotopic (exact) mass is 408 g/mol. The number of pyridine rings is 1. The molecule has 2 aromatic heterocycles. The van der Waals surface area contributed by atoms with Gasteiger partial charge in [0.25, 0.3) is 0 Å². The molecule has 0 atom stereocenters. The molecule has 2 bridgehead atoms. The normalized spacial score (nSPS) is 24.4. The van der Waals surface area contributed by atoms with Crippen LogP contribution in [0.2, 0.25) is 0 Å². The summed E-state index contributed by atoms with van der Waals surface area (Å²) in [5, 5.41) is 17.2. The standard InChI is InChI=1S/C22H21FN4O3/c1-12(2)13-5-14-8-27(26-18(14)24-7-13)17-6-15(3-4-16(17)23)25-19(28)21-9-22(10-21,11-21)20(29)30/h3-8,12H,9-11H2,1-2H3,(H,25,28)(H,29,30). The quantitative estimate of drug-likeness (QED) is 0.668. The molecule has 3 aromatic rings. The van der Waals surface area contributed by atoms with Crippen LogP contribution >= 0.6 is 0 Å². The molecule has 0 aliphatic heterocycles. The molecule has 7 nitrogen and oxygen atoms in total. The van der Waals surface area contributed by atoms with Crippen LogP contribution in [-0.4, -0.2) is 31.7 Å². The third-order valence-electron chi connectivity index (χ3n) is 6.46. The van der Waals surface area contributed by atoms with Crippen LogP contribution in [0.15, 0.2) is 36.7 Å². The first-order chi connectivity index (χ1) is 14.2. The third kappa shape index (κ3) is 2.63. The van der Waals surface area contributed by atoms with Crippen molar-refractivity contribution in [3.8, 4) is 5.69 Å². The summed E-state index contributed by atoms with van der Waals surface area (Å²) in [5.74, 6) is -1.20. The highest BCUT2D eigenvalue weighted by atomic mass is 19.1. The molecule has 3 aliphatic rings. The summed E-state index contributed by atoms with van der Waals surface area (Å²) >= 11 is 0. The van der Waals surface area contributed by atoms with Crippen molar-refractivity contribution < 1.29 is 19.1 Å². The van der Waals surface area contributed by atoms with Crippen molar-refractivity contribution in [2.45, 2.75) is 39.0 Å². The average molecular weight is 408 g/mol. The van der Waals surface area contributed by atoms with Crippen LogP contribution in [0, 0.1) is 16.6 Å². The molecular weight excluding hydrogens is 387 g/mol. The lowest BCUT2D eigenvalue weighted by molar-refractivity contribution is -0.217. The Morgan fingerprint density at radius 1 is 1.20 bits per heavy atom. The number of amides is 1. The van der Waals surface area contributed by atoms with Crippen molar-refractivity contribution in [3.63, 3.8) is 0 Å². The second-order valence-corrected chi connectivity index (χ2v) is 8.93. The molecule has 6 rings (SSSR count). The van der Waals surface area contributed by atoms with Gasteiger partial charge in [-0.25, -0.2) is 14.1 Å². The summed E-state index contributed by atoms with van der Waals surface area (Å²) in [7, 11) is 0. The third-order valence-corrected chi connectivity index (χ3v) is 6.46. The van der Waals surface area contributed by atoms with Crippen LogP contribution in [0.4, 0.5) is 10.1 Å². The van der Waals surface area contributed by atoms with E-state index in [2.05, 4.69) is 29.2 Å². The molecule has 0 radical (unpaired) electrons. The number of carbonyl (C=O) groups excluding carboxylic acids is 1. The Balaban J connectivity index is 1.40. The van der Waals surface area contributed by atoms with E-state index in [0.29, 0.717) is 36.5 Å². The summed E-state index contributed by atoms with van der Waals surface area (Å²) in [6.45, 7) is 4.15. The van der Waals surface area contributed by atoms with Gasteiger partial charge in [-0.1, -0.05) is 13.8 Å². The molecule has 0 unspecified atom stereocenters. The molecule has 2 N–H and O–H groups in total. The molecule has 8 heteroatoms. The van der Waals surface area contributed by atoms with E-state index in [1.807, 2.05) is 6.07 Å². The van der Waals surface area contributed by atoms with Crippen molar-refractivity contribution >= 4 is 28.6 Å². The second-order valence-electron chi connectivity index (χ2n) is 8.93. The van der Waals surface area contributed by atoms with Gasteiger partial charge in [0.2, 0.25) is 5.91 Å². The maximum absolute atomic E-state index is 14.5. The van der Waals surface area contributed by atoms with Gasteiger partial charge in [-0.05, 0) is 55.0 Å². The number of nitrogens with one attached hydrogen (secondary N) is 1. The van der Waals surface area contributed by atoms with Crippen molar-refractivity contribution in [2.24, 2.45) is 10.8 Å². The average Bonchev–Trinajstić information content (AvgIpc) is 3.03. The number of benzene rings is 1. The van der Waals surface area contributed by atoms with E-state index in [1.54, 1.807) is 12.4 Å². The van der Waals surface area contributed by atoms with Gasteiger partial charge in [0.05, 0.1) is 10.8 Å². The zero-order chi connectivity index (χ0) is 21.3. The number of aliphatic carboxylic acids is 1. The van der Waals surface area contributed by atoms with Gasteiger partial charge in [0.1, 0.15) is 11.5 Å². The van der Waals surface area contributed by atoms with Crippen LogP contribution in [-0.2, 0) is 9.59 Å². The van der Waals surface area contributed by atoms with Gasteiger partial charge in [0, 0.05) is 23.5 Å². The van der Waals surface area contributed by atoms with Crippen molar-refractivity contribution in [1.82, 2.24) is 14.8 Å². The molecule has 30 heavy (non-hydrogen) atoms. The fourth-order valence-corrected chi connectivity index (χ4v) is 4.66. The predicted octanol–water partition coefficient (Wildman–Crippen LogP) is 3.88. The first-order valence-corrected chi connectivity index (χ1v) is 9.92. The lowest BCUT2D eigenvalue weighted by Gasteiger charge is -2.66. The molecule has 0 saturated heterocycles. The number of hydrogen-bond donors (Lipinski definition) is 2. The van der Waals surface area contributed by atoms with Crippen LogP contribution in [0.25, 0.3) is 16.7 Å². The van der Waals surface area contributed by atoms with E-state index in [1.165, 1.54) is 22.9 Å². The molecule has 2 heterocycles. The zero-order valence-corrected chi connectivity index (χ0v) is 16.6. The molecule has 154 valence electrons. The largest absolute Gasteiger partial charge is 0.481 e. The minimum absolute atomic E-state index is 0.205. The summed E-state index contributed by atoms with van der Waals surface area (Å²) < 4.78 is 16.0. The Kier molecular flexibility index (Phi) is 3.81. The van der Waals surface area contributed by atoms with E-state index in [0.717, 1.165) is 10.9 Å². The van der Waals surface area contributed by atoms with Gasteiger partial charge in [-0.3, -0.25) is 9.59 Å². The number of carboxylic acids is 1. The fourth-order valence-electron chi connectivity index (χ4n) is 4.66. The number of rotatable bonds is 5. The summed E-state index contributed by atoms with van der Waals surface area (Å²) in [4.78, 5) is 28.3. The Hall–Kier alpha value is -3.29. The fraction of sp³-hybridized carbons (Fsp3) is 0.364. The van der Waals surface area contributed by atoms with Crippen LogP contribution in [0.5, 0.6) is 0 Å². The van der Waals surface area contributed by atoms with Gasteiger partial charge in [-0.2, -0.15) is 0 Å². The molecule has 1 amide bonds. The smallest absolute Gasteiger partial charge is 0.309 e. The number of aromatic nitrogens is 3. The van der Waals surface area contributed by atoms with E-state index >= 15 is 0 Å². The Bertz CT molecular complexity index is 1200. The van der Waals surface area contributed by atoms with Crippen molar-refractivity contribution in [2.75, 3.05) is 5.32 Å². The highest BCUT2D eigenvalue weighted by Crippen LogP contribution is 2.73. The van der Waals surface area contributed by atoms with Crippen molar-refractivity contribution in [1.29, 1.82) is 0 Å². The Morgan fingerprint density at radius 2 is 1.93 bits per heavy atom. The number of carbonyl (C=O) groups is 2. The molecule has 1 aromatic carbocycles. The minimum Gasteiger partial charge on any atom is -0.481 e. The maximum atomic E-state index is 14.5. The maximum Gasteiger partial charge on any atom is 0.309 e.